The van der Waals surface area contributed by atoms with Crippen molar-refractivity contribution in [2.24, 2.45) is 0 Å². The minimum atomic E-state index is 0.124. The van der Waals surface area contributed by atoms with Crippen LogP contribution >= 0.6 is 0 Å². The molecule has 0 bridgehead atoms. The lowest BCUT2D eigenvalue weighted by Gasteiger charge is -2.02. The van der Waals surface area contributed by atoms with Crippen molar-refractivity contribution in [2.75, 3.05) is 6.61 Å². The Hall–Kier alpha value is -1.08. The van der Waals surface area contributed by atoms with E-state index in [9.17, 15) is 0 Å². The number of benzene rings is 1. The van der Waals surface area contributed by atoms with Crippen LogP contribution in [-0.2, 0) is 0 Å². The molecule has 0 unspecified atom stereocenters. The van der Waals surface area contributed by atoms with Crippen molar-refractivity contribution in [1.82, 2.24) is 0 Å². The molecule has 1 fully saturated rings. The molecule has 0 atom stereocenters. The molecule has 1 aromatic carbocycles. The zero-order valence-corrected chi connectivity index (χ0v) is 7.61. The number of hydrogen-bond donors (Lipinski definition) is 1. The van der Waals surface area contributed by atoms with E-state index in [-0.39, 0.29) is 6.61 Å². The Bertz CT molecular complexity index is 311. The van der Waals surface area contributed by atoms with Gasteiger partial charge in [-0.1, -0.05) is 36.4 Å². The molecule has 13 heavy (non-hydrogen) atoms. The van der Waals surface area contributed by atoms with E-state index in [0.717, 1.165) is 5.92 Å². The van der Waals surface area contributed by atoms with Gasteiger partial charge >= 0.3 is 0 Å². The van der Waals surface area contributed by atoms with Gasteiger partial charge in [0.15, 0.2) is 0 Å². The van der Waals surface area contributed by atoms with Crippen molar-refractivity contribution >= 4 is 6.08 Å². The van der Waals surface area contributed by atoms with Crippen molar-refractivity contribution < 1.29 is 5.11 Å². The average molecular weight is 174 g/mol. The molecule has 1 nitrogen and oxygen atoms in total. The highest BCUT2D eigenvalue weighted by atomic mass is 16.2. The highest BCUT2D eigenvalue weighted by molar-refractivity contribution is 5.55. The first-order valence-electron chi connectivity index (χ1n) is 4.78. The van der Waals surface area contributed by atoms with E-state index in [0.29, 0.717) is 0 Å². The summed E-state index contributed by atoms with van der Waals surface area (Å²) < 4.78 is 0. The van der Waals surface area contributed by atoms with Crippen LogP contribution in [0.15, 0.2) is 30.3 Å². The third-order valence-electron chi connectivity index (χ3n) is 2.42. The largest absolute Gasteiger partial charge is 0.392 e. The Morgan fingerprint density at radius 1 is 1.31 bits per heavy atom. The van der Waals surface area contributed by atoms with E-state index >= 15 is 0 Å². The summed E-state index contributed by atoms with van der Waals surface area (Å²) >= 11 is 0. The van der Waals surface area contributed by atoms with Crippen molar-refractivity contribution in [2.45, 2.75) is 18.8 Å². The fraction of sp³-hybridized carbons (Fsp3) is 0.333. The first kappa shape index (κ1) is 8.52. The third-order valence-corrected chi connectivity index (χ3v) is 2.42. The second-order valence-corrected chi connectivity index (χ2v) is 3.49. The van der Waals surface area contributed by atoms with Crippen LogP contribution in [0.25, 0.3) is 6.08 Å². The molecule has 0 amide bonds. The maximum absolute atomic E-state index is 8.69. The molecule has 1 N–H and O–H groups in total. The van der Waals surface area contributed by atoms with Crippen molar-refractivity contribution in [3.8, 4) is 0 Å². The van der Waals surface area contributed by atoms with Gasteiger partial charge in [0, 0.05) is 0 Å². The van der Waals surface area contributed by atoms with Gasteiger partial charge in [-0.3, -0.25) is 0 Å². The van der Waals surface area contributed by atoms with Gasteiger partial charge in [-0.25, -0.2) is 0 Å². The molecule has 1 aliphatic carbocycles. The molecule has 0 radical (unpaired) electrons. The number of rotatable bonds is 3. The van der Waals surface area contributed by atoms with E-state index in [1.165, 1.54) is 24.0 Å². The lowest BCUT2D eigenvalue weighted by atomic mass is 10.0. The van der Waals surface area contributed by atoms with E-state index in [1.807, 2.05) is 12.1 Å². The Morgan fingerprint density at radius 2 is 2.08 bits per heavy atom. The minimum absolute atomic E-state index is 0.124. The minimum Gasteiger partial charge on any atom is -0.392 e. The van der Waals surface area contributed by atoms with Crippen molar-refractivity contribution in [3.05, 3.63) is 41.5 Å². The first-order valence-corrected chi connectivity index (χ1v) is 4.78. The van der Waals surface area contributed by atoms with E-state index in [4.69, 9.17) is 5.11 Å². The predicted molar refractivity (Wildman–Crippen MR) is 54.5 cm³/mol. The number of hydrogen-bond acceptors (Lipinski definition) is 1. The van der Waals surface area contributed by atoms with Crippen molar-refractivity contribution in [1.29, 1.82) is 0 Å². The molecule has 1 saturated carbocycles. The van der Waals surface area contributed by atoms with Crippen LogP contribution in [0.5, 0.6) is 0 Å². The molecule has 1 aliphatic rings. The summed E-state index contributed by atoms with van der Waals surface area (Å²) in [6, 6.07) is 8.43. The Kier molecular flexibility index (Phi) is 2.46. The maximum atomic E-state index is 8.69. The zero-order chi connectivity index (χ0) is 9.10. The van der Waals surface area contributed by atoms with Gasteiger partial charge in [-0.05, 0) is 29.9 Å². The number of aliphatic hydroxyl groups excluding tert-OH is 1. The molecule has 1 aromatic rings. The molecule has 0 saturated heterocycles. The Labute approximate surface area is 78.7 Å². The van der Waals surface area contributed by atoms with Crippen LogP contribution in [0, 0.1) is 0 Å². The van der Waals surface area contributed by atoms with Crippen molar-refractivity contribution in [3.63, 3.8) is 0 Å². The topological polar surface area (TPSA) is 20.2 Å². The molecular formula is C12H14O. The van der Waals surface area contributed by atoms with Crippen LogP contribution in [0.4, 0.5) is 0 Å². The summed E-state index contributed by atoms with van der Waals surface area (Å²) in [6.45, 7) is 0.124. The summed E-state index contributed by atoms with van der Waals surface area (Å²) in [4.78, 5) is 0. The van der Waals surface area contributed by atoms with Crippen LogP contribution in [-0.4, -0.2) is 11.7 Å². The van der Waals surface area contributed by atoms with E-state index in [1.54, 1.807) is 6.08 Å². The molecule has 0 aromatic heterocycles. The second kappa shape index (κ2) is 3.75. The van der Waals surface area contributed by atoms with Gasteiger partial charge in [0.2, 0.25) is 0 Å². The van der Waals surface area contributed by atoms with Crippen LogP contribution in [0.2, 0.25) is 0 Å². The summed E-state index contributed by atoms with van der Waals surface area (Å²) in [5.41, 5.74) is 2.70. The van der Waals surface area contributed by atoms with Gasteiger partial charge in [0.1, 0.15) is 0 Å². The Morgan fingerprint density at radius 3 is 2.77 bits per heavy atom. The normalized spacial score (nSPS) is 16.7. The first-order chi connectivity index (χ1) is 6.42. The SMILES string of the molecule is OC/C=C/c1ccccc1C1CC1. The Balaban J connectivity index is 2.26. The maximum Gasteiger partial charge on any atom is 0.0615 e. The van der Waals surface area contributed by atoms with E-state index < -0.39 is 0 Å². The van der Waals surface area contributed by atoms with E-state index in [2.05, 4.69) is 18.2 Å². The predicted octanol–water partition coefficient (Wildman–Crippen LogP) is 2.57. The van der Waals surface area contributed by atoms with Crippen LogP contribution < -0.4 is 0 Å². The highest BCUT2D eigenvalue weighted by Gasteiger charge is 2.24. The fourth-order valence-electron chi connectivity index (χ4n) is 1.61. The molecule has 0 heterocycles. The standard InChI is InChI=1S/C12H14O/c13-9-3-5-10-4-1-2-6-12(10)11-7-8-11/h1-6,11,13H,7-9H2/b5-3+. The summed E-state index contributed by atoms with van der Waals surface area (Å²) in [5.74, 6) is 0.777. The molecule has 0 spiro atoms. The highest BCUT2D eigenvalue weighted by Crippen LogP contribution is 2.41. The molecular weight excluding hydrogens is 160 g/mol. The second-order valence-electron chi connectivity index (χ2n) is 3.49. The lowest BCUT2D eigenvalue weighted by Crippen LogP contribution is -1.84. The zero-order valence-electron chi connectivity index (χ0n) is 7.61. The smallest absolute Gasteiger partial charge is 0.0615 e. The number of aliphatic hydroxyl groups is 1. The molecule has 1 heteroatoms. The van der Waals surface area contributed by atoms with Crippen LogP contribution in [0.1, 0.15) is 29.9 Å². The summed E-state index contributed by atoms with van der Waals surface area (Å²) in [5, 5.41) is 8.69. The third kappa shape index (κ3) is 1.99. The van der Waals surface area contributed by atoms with Gasteiger partial charge in [-0.15, -0.1) is 0 Å². The van der Waals surface area contributed by atoms with Gasteiger partial charge in [0.05, 0.1) is 6.61 Å². The molecule has 68 valence electrons. The molecule has 2 rings (SSSR count). The van der Waals surface area contributed by atoms with Gasteiger partial charge < -0.3 is 5.11 Å². The quantitative estimate of drug-likeness (QED) is 0.746. The van der Waals surface area contributed by atoms with Gasteiger partial charge in [-0.2, -0.15) is 0 Å². The summed E-state index contributed by atoms with van der Waals surface area (Å²) in [6.07, 6.45) is 6.45. The fourth-order valence-corrected chi connectivity index (χ4v) is 1.61. The van der Waals surface area contributed by atoms with Crippen LogP contribution in [0.3, 0.4) is 0 Å². The monoisotopic (exact) mass is 174 g/mol. The summed E-state index contributed by atoms with van der Waals surface area (Å²) in [7, 11) is 0. The van der Waals surface area contributed by atoms with Gasteiger partial charge in [0.25, 0.3) is 0 Å². The average Bonchev–Trinajstić information content (AvgIpc) is 2.98. The lowest BCUT2D eigenvalue weighted by molar-refractivity contribution is 0.343. The molecule has 0 aliphatic heterocycles.